The summed E-state index contributed by atoms with van der Waals surface area (Å²) in [5, 5.41) is 2.95. The molecule has 0 aromatic heterocycles. The second-order valence-electron chi connectivity index (χ2n) is 3.42. The second kappa shape index (κ2) is 10.8. The van der Waals surface area contributed by atoms with Crippen LogP contribution in [0, 0.1) is 0 Å². The molecular formula is C14H17Cl2NiP. The summed E-state index contributed by atoms with van der Waals surface area (Å²) in [7, 11) is -0.149. The fourth-order valence-corrected chi connectivity index (χ4v) is 3.82. The van der Waals surface area contributed by atoms with Crippen LogP contribution in [0.2, 0.25) is 0 Å². The third kappa shape index (κ3) is 5.29. The van der Waals surface area contributed by atoms with Crippen LogP contribution in [-0.4, -0.2) is 6.16 Å². The average molecular weight is 346 g/mol. The van der Waals surface area contributed by atoms with Gasteiger partial charge in [-0.05, 0) is 24.7 Å². The molecule has 0 nitrogen and oxygen atoms in total. The normalized spacial score (nSPS) is 8.78. The SMILES string of the molecule is CCP(c1ccccc1)c1ccccc1.Cl.Cl.[Ni]. The van der Waals surface area contributed by atoms with E-state index in [1.807, 2.05) is 0 Å². The molecule has 0 unspecified atom stereocenters. The van der Waals surface area contributed by atoms with Crippen LogP contribution in [0.3, 0.4) is 0 Å². The van der Waals surface area contributed by atoms with Gasteiger partial charge in [-0.3, -0.25) is 0 Å². The Kier molecular flexibility index (Phi) is 12.2. The summed E-state index contributed by atoms with van der Waals surface area (Å²) in [6.45, 7) is 2.27. The Morgan fingerprint density at radius 2 is 1.06 bits per heavy atom. The largest absolute Gasteiger partial charge is 0.147 e. The zero-order chi connectivity index (χ0) is 10.5. The third-order valence-corrected chi connectivity index (χ3v) is 4.93. The molecule has 4 heteroatoms. The first-order valence-electron chi connectivity index (χ1n) is 5.29. The van der Waals surface area contributed by atoms with Crippen LogP contribution in [-0.2, 0) is 16.5 Å². The van der Waals surface area contributed by atoms with Gasteiger partial charge in [0.1, 0.15) is 0 Å². The molecule has 2 aromatic rings. The zero-order valence-corrected chi connectivity index (χ0v) is 13.6. The Hall–Kier alpha value is -0.0565. The Bertz CT molecular complexity index is 369. The van der Waals surface area contributed by atoms with Gasteiger partial charge >= 0.3 is 0 Å². The Balaban J connectivity index is 0. The Morgan fingerprint density at radius 1 is 0.722 bits per heavy atom. The molecule has 102 valence electrons. The predicted molar refractivity (Wildman–Crippen MR) is 84.1 cm³/mol. The van der Waals surface area contributed by atoms with E-state index in [-0.39, 0.29) is 49.2 Å². The molecule has 0 heterocycles. The Labute approximate surface area is 133 Å². The van der Waals surface area contributed by atoms with Gasteiger partial charge in [0.2, 0.25) is 0 Å². The van der Waals surface area contributed by atoms with Crippen molar-refractivity contribution in [3.05, 3.63) is 60.7 Å². The Morgan fingerprint density at radius 3 is 1.33 bits per heavy atom. The molecule has 0 saturated heterocycles. The van der Waals surface area contributed by atoms with E-state index < -0.39 is 0 Å². The van der Waals surface area contributed by atoms with Gasteiger partial charge in [0.15, 0.2) is 0 Å². The number of benzene rings is 2. The first-order valence-corrected chi connectivity index (χ1v) is 6.82. The van der Waals surface area contributed by atoms with Crippen molar-refractivity contribution in [3.8, 4) is 0 Å². The molecule has 0 aliphatic heterocycles. The molecule has 0 atom stereocenters. The third-order valence-electron chi connectivity index (χ3n) is 2.45. The summed E-state index contributed by atoms with van der Waals surface area (Å²) in [5.41, 5.74) is 0. The van der Waals surface area contributed by atoms with Gasteiger partial charge in [-0.1, -0.05) is 67.6 Å². The van der Waals surface area contributed by atoms with Crippen molar-refractivity contribution in [1.82, 2.24) is 0 Å². The minimum Gasteiger partial charge on any atom is -0.147 e. The molecule has 18 heavy (non-hydrogen) atoms. The number of hydrogen-bond donors (Lipinski definition) is 0. The smallest absolute Gasteiger partial charge is 0 e. The topological polar surface area (TPSA) is 0 Å². The van der Waals surface area contributed by atoms with Gasteiger partial charge in [0.25, 0.3) is 0 Å². The van der Waals surface area contributed by atoms with Crippen LogP contribution in [0.4, 0.5) is 0 Å². The van der Waals surface area contributed by atoms with Crippen LogP contribution in [0.25, 0.3) is 0 Å². The van der Waals surface area contributed by atoms with E-state index in [1.165, 1.54) is 16.8 Å². The molecule has 0 radical (unpaired) electrons. The van der Waals surface area contributed by atoms with Crippen molar-refractivity contribution >= 4 is 43.3 Å². The van der Waals surface area contributed by atoms with Gasteiger partial charge in [-0.25, -0.2) is 0 Å². The fraction of sp³-hybridized carbons (Fsp3) is 0.143. The van der Waals surface area contributed by atoms with E-state index in [4.69, 9.17) is 0 Å². The molecule has 0 bridgehead atoms. The maximum atomic E-state index is 2.27. The van der Waals surface area contributed by atoms with Crippen LogP contribution < -0.4 is 10.6 Å². The molecule has 0 spiro atoms. The predicted octanol–water partition coefficient (Wildman–Crippen LogP) is 3.98. The molecular weight excluding hydrogens is 329 g/mol. The quantitative estimate of drug-likeness (QED) is 0.583. The van der Waals surface area contributed by atoms with Crippen molar-refractivity contribution in [2.75, 3.05) is 6.16 Å². The summed E-state index contributed by atoms with van der Waals surface area (Å²) in [6.07, 6.45) is 1.21. The van der Waals surface area contributed by atoms with Gasteiger partial charge in [0, 0.05) is 16.5 Å². The molecule has 0 aliphatic carbocycles. The maximum Gasteiger partial charge on any atom is 0 e. The van der Waals surface area contributed by atoms with E-state index in [0.717, 1.165) is 0 Å². The molecule has 2 aromatic carbocycles. The van der Waals surface area contributed by atoms with Crippen LogP contribution in [0.1, 0.15) is 6.92 Å². The summed E-state index contributed by atoms with van der Waals surface area (Å²) >= 11 is 0. The van der Waals surface area contributed by atoms with E-state index in [0.29, 0.717) is 0 Å². The summed E-state index contributed by atoms with van der Waals surface area (Å²) in [4.78, 5) is 0. The molecule has 2 rings (SSSR count). The van der Waals surface area contributed by atoms with Gasteiger partial charge < -0.3 is 0 Å². The molecule has 0 aliphatic rings. The van der Waals surface area contributed by atoms with E-state index in [9.17, 15) is 0 Å². The molecule has 0 amide bonds. The number of rotatable bonds is 3. The monoisotopic (exact) mass is 344 g/mol. The first kappa shape index (κ1) is 20.3. The zero-order valence-electron chi connectivity index (χ0n) is 10.1. The molecule has 0 saturated carbocycles. The summed E-state index contributed by atoms with van der Waals surface area (Å²) < 4.78 is 0. The minimum atomic E-state index is -0.149. The van der Waals surface area contributed by atoms with Gasteiger partial charge in [-0.15, -0.1) is 24.8 Å². The standard InChI is InChI=1S/C14H15P.2ClH.Ni/c1-2-15(13-9-5-3-6-10-13)14-11-7-4-8-12-14;;;/h3-12H,2H2,1H3;2*1H;. The maximum absolute atomic E-state index is 2.27. The van der Waals surface area contributed by atoms with E-state index >= 15 is 0 Å². The second-order valence-corrected chi connectivity index (χ2v) is 5.94. The average Bonchev–Trinajstić information content (AvgIpc) is 2.33. The number of halogens is 2. The first-order chi connectivity index (χ1) is 7.42. The van der Waals surface area contributed by atoms with Crippen LogP contribution >= 0.6 is 32.7 Å². The van der Waals surface area contributed by atoms with Gasteiger partial charge in [0.05, 0.1) is 0 Å². The number of hydrogen-bond acceptors (Lipinski definition) is 0. The van der Waals surface area contributed by atoms with Crippen LogP contribution in [0.5, 0.6) is 0 Å². The summed E-state index contributed by atoms with van der Waals surface area (Å²) in [6, 6.07) is 21.6. The van der Waals surface area contributed by atoms with Gasteiger partial charge in [-0.2, -0.15) is 0 Å². The van der Waals surface area contributed by atoms with Crippen molar-refractivity contribution in [3.63, 3.8) is 0 Å². The molecule has 0 fully saturated rings. The minimum absolute atomic E-state index is 0. The van der Waals surface area contributed by atoms with Crippen molar-refractivity contribution < 1.29 is 16.5 Å². The molecule has 0 N–H and O–H groups in total. The van der Waals surface area contributed by atoms with E-state index in [2.05, 4.69) is 67.6 Å². The van der Waals surface area contributed by atoms with Crippen molar-refractivity contribution in [2.24, 2.45) is 0 Å². The summed E-state index contributed by atoms with van der Waals surface area (Å²) in [5.74, 6) is 0. The van der Waals surface area contributed by atoms with Crippen LogP contribution in [0.15, 0.2) is 60.7 Å². The van der Waals surface area contributed by atoms with Crippen molar-refractivity contribution in [1.29, 1.82) is 0 Å². The van der Waals surface area contributed by atoms with Crippen molar-refractivity contribution in [2.45, 2.75) is 6.92 Å². The van der Waals surface area contributed by atoms with E-state index in [1.54, 1.807) is 0 Å². The fourth-order valence-electron chi connectivity index (χ4n) is 1.73.